The molecule has 1 aromatic heterocycles. The van der Waals surface area contributed by atoms with Gasteiger partial charge in [-0.2, -0.15) is 0 Å². The molecule has 1 fully saturated rings. The van der Waals surface area contributed by atoms with Gasteiger partial charge in [0.1, 0.15) is 11.3 Å². The number of fused-ring (bicyclic) bond motifs is 1. The van der Waals surface area contributed by atoms with Gasteiger partial charge in [0.15, 0.2) is 5.52 Å². The Morgan fingerprint density at radius 2 is 2.29 bits per heavy atom. The summed E-state index contributed by atoms with van der Waals surface area (Å²) in [5, 5.41) is 8.43. The zero-order valence-electron chi connectivity index (χ0n) is 9.69. The van der Waals surface area contributed by atoms with Crippen LogP contribution in [0.15, 0.2) is 16.6 Å². The number of rotatable bonds is 4. The molecule has 1 aromatic carbocycles. The Balaban J connectivity index is 2.00. The first-order chi connectivity index (χ1) is 8.29. The highest BCUT2D eigenvalue weighted by Crippen LogP contribution is 2.34. The van der Waals surface area contributed by atoms with Gasteiger partial charge >= 0.3 is 0 Å². The number of aryl methyl sites for hydroxylation is 1. The molecule has 0 atom stereocenters. The van der Waals surface area contributed by atoms with Crippen molar-refractivity contribution >= 4 is 27.0 Å². The molecule has 0 aliphatic heterocycles. The molecule has 0 radical (unpaired) electrons. The highest BCUT2D eigenvalue weighted by Gasteiger charge is 2.22. The summed E-state index contributed by atoms with van der Waals surface area (Å²) in [5.41, 5.74) is 1.86. The summed E-state index contributed by atoms with van der Waals surface area (Å²) in [5.74, 6) is 1.68. The largest absolute Gasteiger partial charge is 0.494 e. The predicted octanol–water partition coefficient (Wildman–Crippen LogP) is 3.00. The van der Waals surface area contributed by atoms with E-state index in [1.807, 2.05) is 16.8 Å². The lowest BCUT2D eigenvalue weighted by atomic mass is 10.2. The average molecular weight is 296 g/mol. The number of benzene rings is 1. The van der Waals surface area contributed by atoms with Gasteiger partial charge in [-0.3, -0.25) is 0 Å². The average Bonchev–Trinajstić information content (AvgIpc) is 3.07. The lowest BCUT2D eigenvalue weighted by molar-refractivity contribution is 0.418. The Kier molecular flexibility index (Phi) is 2.78. The fraction of sp³-hybridized carbons (Fsp3) is 0.500. The molecule has 0 unspecified atom stereocenters. The second kappa shape index (κ2) is 4.29. The first-order valence-corrected chi connectivity index (χ1v) is 6.64. The van der Waals surface area contributed by atoms with Crippen molar-refractivity contribution in [2.75, 3.05) is 7.11 Å². The van der Waals surface area contributed by atoms with Gasteiger partial charge in [0.05, 0.1) is 7.11 Å². The van der Waals surface area contributed by atoms with Crippen molar-refractivity contribution in [3.63, 3.8) is 0 Å². The molecule has 0 saturated heterocycles. The van der Waals surface area contributed by atoms with Crippen molar-refractivity contribution < 1.29 is 4.74 Å². The van der Waals surface area contributed by atoms with Gasteiger partial charge in [0.2, 0.25) is 0 Å². The normalized spacial score (nSPS) is 15.4. The molecule has 1 aliphatic carbocycles. The van der Waals surface area contributed by atoms with Crippen LogP contribution in [0.4, 0.5) is 0 Å². The van der Waals surface area contributed by atoms with Crippen LogP contribution in [0.2, 0.25) is 0 Å². The zero-order chi connectivity index (χ0) is 11.8. The van der Waals surface area contributed by atoms with Gasteiger partial charge in [0.25, 0.3) is 0 Å². The molecule has 0 spiro atoms. The van der Waals surface area contributed by atoms with E-state index in [2.05, 4.69) is 26.2 Å². The lowest BCUT2D eigenvalue weighted by Crippen LogP contribution is -2.01. The second-order valence-corrected chi connectivity index (χ2v) is 5.35. The SMILES string of the molecule is COc1ccc(Br)c2c1nnn2CCC1CC1. The van der Waals surface area contributed by atoms with Crippen LogP contribution in [-0.4, -0.2) is 22.1 Å². The van der Waals surface area contributed by atoms with Gasteiger partial charge < -0.3 is 4.74 Å². The number of hydrogen-bond acceptors (Lipinski definition) is 3. The van der Waals surface area contributed by atoms with E-state index in [1.165, 1.54) is 19.3 Å². The predicted molar refractivity (Wildman–Crippen MR) is 69.1 cm³/mol. The number of ether oxygens (including phenoxy) is 1. The van der Waals surface area contributed by atoms with Crippen LogP contribution >= 0.6 is 15.9 Å². The van der Waals surface area contributed by atoms with Crippen LogP contribution in [0.1, 0.15) is 19.3 Å². The second-order valence-electron chi connectivity index (χ2n) is 4.49. The van der Waals surface area contributed by atoms with Crippen molar-refractivity contribution in [3.05, 3.63) is 16.6 Å². The summed E-state index contributed by atoms with van der Waals surface area (Å²) < 4.78 is 8.29. The molecule has 1 saturated carbocycles. The van der Waals surface area contributed by atoms with Crippen LogP contribution in [0.5, 0.6) is 5.75 Å². The first kappa shape index (κ1) is 11.0. The third kappa shape index (κ3) is 2.04. The molecule has 5 heteroatoms. The maximum Gasteiger partial charge on any atom is 0.156 e. The van der Waals surface area contributed by atoms with E-state index >= 15 is 0 Å². The van der Waals surface area contributed by atoms with Crippen LogP contribution in [0.3, 0.4) is 0 Å². The first-order valence-electron chi connectivity index (χ1n) is 5.85. The fourth-order valence-corrected chi connectivity index (χ4v) is 2.58. The summed E-state index contributed by atoms with van der Waals surface area (Å²) in [6, 6.07) is 3.89. The standard InChI is InChI=1S/C12H14BrN3O/c1-17-10-5-4-9(13)12-11(10)14-15-16(12)7-6-8-2-3-8/h4-5,8H,2-3,6-7H2,1H3. The van der Waals surface area contributed by atoms with Crippen molar-refractivity contribution in [2.24, 2.45) is 5.92 Å². The number of hydrogen-bond donors (Lipinski definition) is 0. The lowest BCUT2D eigenvalue weighted by Gasteiger charge is -2.04. The minimum absolute atomic E-state index is 0.779. The third-order valence-electron chi connectivity index (χ3n) is 3.24. The van der Waals surface area contributed by atoms with Crippen molar-refractivity contribution in [3.8, 4) is 5.75 Å². The molecule has 0 bridgehead atoms. The number of halogens is 1. The number of methoxy groups -OCH3 is 1. The zero-order valence-corrected chi connectivity index (χ0v) is 11.3. The molecule has 0 amide bonds. The van der Waals surface area contributed by atoms with Gasteiger partial charge in [-0.15, -0.1) is 5.10 Å². The minimum atomic E-state index is 0.779. The van der Waals surface area contributed by atoms with Crippen LogP contribution in [0.25, 0.3) is 11.0 Å². The summed E-state index contributed by atoms with van der Waals surface area (Å²) >= 11 is 3.56. The van der Waals surface area contributed by atoms with Crippen molar-refractivity contribution in [1.82, 2.24) is 15.0 Å². The van der Waals surface area contributed by atoms with E-state index in [1.54, 1.807) is 7.11 Å². The van der Waals surface area contributed by atoms with E-state index in [0.717, 1.165) is 33.7 Å². The van der Waals surface area contributed by atoms with Gasteiger partial charge in [-0.1, -0.05) is 18.1 Å². The molecule has 1 aliphatic rings. The molecular weight excluding hydrogens is 282 g/mol. The summed E-state index contributed by atoms with van der Waals surface area (Å²) in [6.07, 6.45) is 3.94. The highest BCUT2D eigenvalue weighted by atomic mass is 79.9. The number of nitrogens with zero attached hydrogens (tertiary/aromatic N) is 3. The molecule has 4 nitrogen and oxygen atoms in total. The maximum atomic E-state index is 5.30. The van der Waals surface area contributed by atoms with Gasteiger partial charge in [-0.25, -0.2) is 4.68 Å². The monoisotopic (exact) mass is 295 g/mol. The quantitative estimate of drug-likeness (QED) is 0.870. The topological polar surface area (TPSA) is 39.9 Å². The molecule has 90 valence electrons. The molecule has 1 heterocycles. The minimum Gasteiger partial charge on any atom is -0.494 e. The van der Waals surface area contributed by atoms with Crippen LogP contribution < -0.4 is 4.74 Å². The Hall–Kier alpha value is -1.10. The van der Waals surface area contributed by atoms with E-state index in [0.29, 0.717) is 0 Å². The van der Waals surface area contributed by atoms with E-state index in [9.17, 15) is 0 Å². The van der Waals surface area contributed by atoms with Gasteiger partial charge in [0, 0.05) is 11.0 Å². The van der Waals surface area contributed by atoms with E-state index in [4.69, 9.17) is 4.74 Å². The number of aromatic nitrogens is 3. The molecular formula is C12H14BrN3O. The Bertz CT molecular complexity index is 548. The van der Waals surface area contributed by atoms with E-state index in [-0.39, 0.29) is 0 Å². The van der Waals surface area contributed by atoms with E-state index < -0.39 is 0 Å². The highest BCUT2D eigenvalue weighted by molar-refractivity contribution is 9.10. The molecule has 3 rings (SSSR count). The van der Waals surface area contributed by atoms with Crippen LogP contribution in [-0.2, 0) is 6.54 Å². The summed E-state index contributed by atoms with van der Waals surface area (Å²) in [7, 11) is 1.66. The van der Waals surface area contributed by atoms with Gasteiger partial charge in [-0.05, 0) is 40.4 Å². The molecule has 2 aromatic rings. The third-order valence-corrected chi connectivity index (χ3v) is 3.88. The van der Waals surface area contributed by atoms with Crippen molar-refractivity contribution in [2.45, 2.75) is 25.8 Å². The molecule has 0 N–H and O–H groups in total. The summed E-state index contributed by atoms with van der Waals surface area (Å²) in [6.45, 7) is 0.937. The Morgan fingerprint density at radius 1 is 1.47 bits per heavy atom. The summed E-state index contributed by atoms with van der Waals surface area (Å²) in [4.78, 5) is 0. The smallest absolute Gasteiger partial charge is 0.156 e. The fourth-order valence-electron chi connectivity index (χ4n) is 2.05. The Morgan fingerprint density at radius 3 is 3.00 bits per heavy atom. The Labute approximate surface area is 108 Å². The van der Waals surface area contributed by atoms with Crippen LogP contribution in [0, 0.1) is 5.92 Å². The molecule has 17 heavy (non-hydrogen) atoms. The maximum absolute atomic E-state index is 5.30. The van der Waals surface area contributed by atoms with Crippen molar-refractivity contribution in [1.29, 1.82) is 0 Å².